The molecule has 0 saturated heterocycles. The number of hydrogen-bond donors (Lipinski definition) is 3. The molecule has 0 amide bonds. The van der Waals surface area contributed by atoms with E-state index in [1.165, 1.54) is 0 Å². The zero-order valence-electron chi connectivity index (χ0n) is 14.6. The minimum atomic E-state index is -3.61. The second-order valence-corrected chi connectivity index (χ2v) is 7.44. The molecule has 0 saturated carbocycles. The zero-order chi connectivity index (χ0) is 19.4. The summed E-state index contributed by atoms with van der Waals surface area (Å²) in [6.45, 7) is 0. The summed E-state index contributed by atoms with van der Waals surface area (Å²) in [5, 5.41) is 8.22. The van der Waals surface area contributed by atoms with Gasteiger partial charge in [-0.2, -0.15) is 4.98 Å². The number of hydrogen-bond acceptors (Lipinski definition) is 7. The molecule has 140 valence electrons. The Morgan fingerprint density at radius 1 is 1.07 bits per heavy atom. The van der Waals surface area contributed by atoms with Crippen molar-refractivity contribution in [2.45, 2.75) is 5.75 Å². The van der Waals surface area contributed by atoms with Crippen molar-refractivity contribution in [2.75, 3.05) is 18.2 Å². The average Bonchev–Trinajstić information content (AvgIpc) is 2.60. The minimum Gasteiger partial charge on any atom is -0.496 e. The minimum absolute atomic E-state index is 0.0987. The molecule has 1 aromatic heterocycles. The standard InChI is InChI=1S/C18H19N5O3S/c1-26-16-8-3-2-7-14(16)15-10-17(23-18(19)22-15)21-13-6-4-5-12(9-13)11-27(20,24)25/h2-10H,11H2,1H3,(H2,20,24,25)(H3,19,21,22,23). The number of rotatable bonds is 6. The Hall–Kier alpha value is -3.17. The normalized spacial score (nSPS) is 11.2. The first kappa shape index (κ1) is 18.6. The molecular weight excluding hydrogens is 366 g/mol. The number of nitrogen functional groups attached to an aromatic ring is 1. The fourth-order valence-corrected chi connectivity index (χ4v) is 3.29. The summed E-state index contributed by atoms with van der Waals surface area (Å²) in [7, 11) is -2.03. The highest BCUT2D eigenvalue weighted by Gasteiger charge is 2.11. The van der Waals surface area contributed by atoms with Crippen LogP contribution < -0.4 is 20.9 Å². The molecule has 27 heavy (non-hydrogen) atoms. The van der Waals surface area contributed by atoms with E-state index in [1.54, 1.807) is 37.4 Å². The number of primary sulfonamides is 1. The Kier molecular flexibility index (Phi) is 5.24. The van der Waals surface area contributed by atoms with Crippen molar-refractivity contribution in [2.24, 2.45) is 5.14 Å². The molecule has 0 radical (unpaired) electrons. The van der Waals surface area contributed by atoms with Crippen LogP contribution in [0.4, 0.5) is 17.5 Å². The lowest BCUT2D eigenvalue weighted by molar-refractivity contribution is 0.416. The van der Waals surface area contributed by atoms with Gasteiger partial charge in [0, 0.05) is 17.3 Å². The van der Waals surface area contributed by atoms with E-state index in [0.717, 1.165) is 5.56 Å². The van der Waals surface area contributed by atoms with Crippen LogP contribution in [-0.2, 0) is 15.8 Å². The molecule has 0 aliphatic heterocycles. The van der Waals surface area contributed by atoms with Gasteiger partial charge in [0.1, 0.15) is 11.6 Å². The molecule has 0 aliphatic rings. The van der Waals surface area contributed by atoms with Crippen molar-refractivity contribution >= 4 is 27.5 Å². The summed E-state index contributed by atoms with van der Waals surface area (Å²) >= 11 is 0. The number of anilines is 3. The number of para-hydroxylation sites is 1. The van der Waals surface area contributed by atoms with E-state index in [-0.39, 0.29) is 11.7 Å². The van der Waals surface area contributed by atoms with Crippen LogP contribution >= 0.6 is 0 Å². The van der Waals surface area contributed by atoms with E-state index >= 15 is 0 Å². The van der Waals surface area contributed by atoms with Crippen molar-refractivity contribution in [3.8, 4) is 17.0 Å². The van der Waals surface area contributed by atoms with E-state index < -0.39 is 10.0 Å². The molecular formula is C18H19N5O3S. The Balaban J connectivity index is 1.93. The maximum absolute atomic E-state index is 11.3. The van der Waals surface area contributed by atoms with Crippen molar-refractivity contribution in [3.63, 3.8) is 0 Å². The van der Waals surface area contributed by atoms with Gasteiger partial charge in [-0.3, -0.25) is 0 Å². The van der Waals surface area contributed by atoms with Gasteiger partial charge in [0.2, 0.25) is 16.0 Å². The molecule has 5 N–H and O–H groups in total. The smallest absolute Gasteiger partial charge is 0.222 e. The van der Waals surface area contributed by atoms with Crippen LogP contribution in [0, 0.1) is 0 Å². The van der Waals surface area contributed by atoms with Gasteiger partial charge in [0.05, 0.1) is 18.6 Å². The second kappa shape index (κ2) is 7.60. The maximum Gasteiger partial charge on any atom is 0.222 e. The van der Waals surface area contributed by atoms with Gasteiger partial charge in [-0.15, -0.1) is 0 Å². The Labute approximate surface area is 157 Å². The van der Waals surface area contributed by atoms with Crippen LogP contribution in [0.3, 0.4) is 0 Å². The Bertz CT molecular complexity index is 1070. The number of ether oxygens (including phenoxy) is 1. The van der Waals surface area contributed by atoms with Gasteiger partial charge in [-0.25, -0.2) is 18.5 Å². The predicted octanol–water partition coefficient (Wildman–Crippen LogP) is 2.27. The van der Waals surface area contributed by atoms with E-state index in [0.29, 0.717) is 28.5 Å². The van der Waals surface area contributed by atoms with Crippen LogP contribution in [0.25, 0.3) is 11.3 Å². The fourth-order valence-electron chi connectivity index (χ4n) is 2.64. The molecule has 0 bridgehead atoms. The van der Waals surface area contributed by atoms with E-state index in [1.807, 2.05) is 24.3 Å². The number of methoxy groups -OCH3 is 1. The van der Waals surface area contributed by atoms with E-state index in [4.69, 9.17) is 15.6 Å². The first-order chi connectivity index (χ1) is 12.8. The first-order valence-electron chi connectivity index (χ1n) is 7.98. The highest BCUT2D eigenvalue weighted by molar-refractivity contribution is 7.88. The summed E-state index contributed by atoms with van der Waals surface area (Å²) in [5.74, 6) is 0.982. The number of nitrogens with zero attached hydrogens (tertiary/aromatic N) is 2. The van der Waals surface area contributed by atoms with Crippen LogP contribution in [0.1, 0.15) is 5.56 Å². The van der Waals surface area contributed by atoms with Crippen molar-refractivity contribution in [1.82, 2.24) is 9.97 Å². The number of sulfonamides is 1. The number of nitrogens with two attached hydrogens (primary N) is 2. The lowest BCUT2D eigenvalue weighted by Crippen LogP contribution is -2.14. The third-order valence-corrected chi connectivity index (χ3v) is 4.43. The zero-order valence-corrected chi connectivity index (χ0v) is 15.4. The Morgan fingerprint density at radius 2 is 1.85 bits per heavy atom. The molecule has 0 fully saturated rings. The molecule has 3 rings (SSSR count). The van der Waals surface area contributed by atoms with Gasteiger partial charge in [0.15, 0.2) is 0 Å². The van der Waals surface area contributed by atoms with Gasteiger partial charge >= 0.3 is 0 Å². The Morgan fingerprint density at radius 3 is 2.59 bits per heavy atom. The first-order valence-corrected chi connectivity index (χ1v) is 9.70. The van der Waals surface area contributed by atoms with Gasteiger partial charge in [-0.1, -0.05) is 24.3 Å². The molecule has 0 spiro atoms. The van der Waals surface area contributed by atoms with E-state index in [9.17, 15) is 8.42 Å². The monoisotopic (exact) mass is 385 g/mol. The topological polar surface area (TPSA) is 133 Å². The SMILES string of the molecule is COc1ccccc1-c1cc(Nc2cccc(CS(N)(=O)=O)c2)nc(N)n1. The lowest BCUT2D eigenvalue weighted by Gasteiger charge is -2.11. The van der Waals surface area contributed by atoms with Crippen LogP contribution in [-0.4, -0.2) is 25.5 Å². The molecule has 9 heteroatoms. The van der Waals surface area contributed by atoms with Crippen LogP contribution in [0.15, 0.2) is 54.6 Å². The molecule has 0 unspecified atom stereocenters. The second-order valence-electron chi connectivity index (χ2n) is 5.83. The molecule has 0 aliphatic carbocycles. The summed E-state index contributed by atoms with van der Waals surface area (Å²) in [4.78, 5) is 8.46. The third kappa shape index (κ3) is 4.93. The fraction of sp³-hybridized carbons (Fsp3) is 0.111. The van der Waals surface area contributed by atoms with Gasteiger partial charge in [0.25, 0.3) is 0 Å². The van der Waals surface area contributed by atoms with Crippen LogP contribution in [0.5, 0.6) is 5.75 Å². The number of benzene rings is 2. The molecule has 3 aromatic rings. The average molecular weight is 385 g/mol. The van der Waals surface area contributed by atoms with Crippen LogP contribution in [0.2, 0.25) is 0 Å². The largest absolute Gasteiger partial charge is 0.496 e. The van der Waals surface area contributed by atoms with Crippen molar-refractivity contribution < 1.29 is 13.2 Å². The molecule has 0 atom stereocenters. The van der Waals surface area contributed by atoms with Crippen molar-refractivity contribution in [1.29, 1.82) is 0 Å². The third-order valence-electron chi connectivity index (χ3n) is 3.69. The molecule has 2 aromatic carbocycles. The number of nitrogens with one attached hydrogen (secondary N) is 1. The number of aromatic nitrogens is 2. The summed E-state index contributed by atoms with van der Waals surface area (Å²) < 4.78 is 27.9. The van der Waals surface area contributed by atoms with Crippen molar-refractivity contribution in [3.05, 3.63) is 60.2 Å². The molecule has 1 heterocycles. The maximum atomic E-state index is 11.3. The highest BCUT2D eigenvalue weighted by atomic mass is 32.2. The quantitative estimate of drug-likeness (QED) is 0.592. The summed E-state index contributed by atoms with van der Waals surface area (Å²) in [6, 6.07) is 16.1. The van der Waals surface area contributed by atoms with Gasteiger partial charge in [-0.05, 0) is 29.8 Å². The predicted molar refractivity (Wildman–Crippen MR) is 105 cm³/mol. The summed E-state index contributed by atoms with van der Waals surface area (Å²) in [6.07, 6.45) is 0. The summed E-state index contributed by atoms with van der Waals surface area (Å²) in [5.41, 5.74) is 8.45. The lowest BCUT2D eigenvalue weighted by atomic mass is 10.1. The van der Waals surface area contributed by atoms with E-state index in [2.05, 4.69) is 15.3 Å². The molecule has 8 nitrogen and oxygen atoms in total. The van der Waals surface area contributed by atoms with Gasteiger partial charge < -0.3 is 15.8 Å². The highest BCUT2D eigenvalue weighted by Crippen LogP contribution is 2.30.